The largest absolute Gasteiger partial charge is 0.457 e. The molecule has 0 heterocycles. The van der Waals surface area contributed by atoms with E-state index in [4.69, 9.17) is 27.9 Å². The normalized spacial score (nSPS) is 10.3. The van der Waals surface area contributed by atoms with Crippen molar-refractivity contribution < 1.29 is 23.5 Å². The quantitative estimate of drug-likeness (QED) is 0.589. The lowest BCUT2D eigenvalue weighted by Gasteiger charge is -2.08. The summed E-state index contributed by atoms with van der Waals surface area (Å²) < 4.78 is 18.8. The van der Waals surface area contributed by atoms with E-state index in [1.165, 1.54) is 25.1 Å². The lowest BCUT2D eigenvalue weighted by Crippen LogP contribution is -2.17. The molecule has 5 nitrogen and oxygen atoms in total. The van der Waals surface area contributed by atoms with Crippen molar-refractivity contribution in [2.24, 2.45) is 0 Å². The van der Waals surface area contributed by atoms with Gasteiger partial charge in [0.25, 0.3) is 0 Å². The van der Waals surface area contributed by atoms with Crippen LogP contribution in [-0.4, -0.2) is 24.3 Å². The van der Waals surface area contributed by atoms with Gasteiger partial charge in [0.1, 0.15) is 5.82 Å². The predicted octanol–water partition coefficient (Wildman–Crippen LogP) is 4.06. The first-order valence-electron chi connectivity index (χ1n) is 7.46. The van der Waals surface area contributed by atoms with Gasteiger partial charge in [-0.3, -0.25) is 14.4 Å². The number of hydrogen-bond donors (Lipinski definition) is 1. The van der Waals surface area contributed by atoms with E-state index in [1.54, 1.807) is 12.1 Å². The number of carbonyl (C=O) groups excluding carboxylic acids is 3. The van der Waals surface area contributed by atoms with E-state index in [0.717, 1.165) is 6.07 Å². The van der Waals surface area contributed by atoms with Crippen molar-refractivity contribution in [2.45, 2.75) is 13.3 Å². The maximum Gasteiger partial charge on any atom is 0.310 e. The van der Waals surface area contributed by atoms with Crippen LogP contribution in [0.1, 0.15) is 22.8 Å². The molecule has 0 saturated heterocycles. The zero-order valence-corrected chi connectivity index (χ0v) is 15.2. The minimum atomic E-state index is -0.818. The van der Waals surface area contributed by atoms with Crippen molar-refractivity contribution in [3.05, 3.63) is 63.4 Å². The molecule has 0 spiro atoms. The molecule has 136 valence electrons. The van der Waals surface area contributed by atoms with Crippen molar-refractivity contribution in [3.63, 3.8) is 0 Å². The number of ketones is 1. The molecule has 0 saturated carbocycles. The average molecular weight is 398 g/mol. The molecule has 0 fully saturated rings. The SMILES string of the molecule is CC(=O)Nc1ccc(C(=O)COC(=O)Cc2ccc(Cl)c(Cl)c2)c(F)c1. The summed E-state index contributed by atoms with van der Waals surface area (Å²) in [5, 5.41) is 3.06. The average Bonchev–Trinajstić information content (AvgIpc) is 2.55. The number of nitrogens with one attached hydrogen (secondary N) is 1. The number of ether oxygens (including phenoxy) is 1. The van der Waals surface area contributed by atoms with Crippen LogP contribution in [0.2, 0.25) is 10.0 Å². The molecule has 2 rings (SSSR count). The lowest BCUT2D eigenvalue weighted by molar-refractivity contribution is -0.141. The smallest absolute Gasteiger partial charge is 0.310 e. The van der Waals surface area contributed by atoms with Crippen molar-refractivity contribution in [1.29, 1.82) is 0 Å². The minimum Gasteiger partial charge on any atom is -0.457 e. The van der Waals surface area contributed by atoms with Crippen LogP contribution in [0.15, 0.2) is 36.4 Å². The van der Waals surface area contributed by atoms with E-state index in [2.05, 4.69) is 5.32 Å². The Labute approximate surface area is 159 Å². The fourth-order valence-electron chi connectivity index (χ4n) is 2.11. The Hall–Kier alpha value is -2.44. The van der Waals surface area contributed by atoms with Gasteiger partial charge in [0, 0.05) is 12.6 Å². The van der Waals surface area contributed by atoms with E-state index in [1.807, 2.05) is 0 Å². The fraction of sp³-hybridized carbons (Fsp3) is 0.167. The molecule has 1 amide bonds. The molecule has 0 unspecified atom stereocenters. The van der Waals surface area contributed by atoms with E-state index in [9.17, 15) is 18.8 Å². The maximum absolute atomic E-state index is 14.0. The van der Waals surface area contributed by atoms with Gasteiger partial charge >= 0.3 is 5.97 Å². The van der Waals surface area contributed by atoms with E-state index >= 15 is 0 Å². The second-order valence-electron chi connectivity index (χ2n) is 5.38. The topological polar surface area (TPSA) is 72.5 Å². The van der Waals surface area contributed by atoms with Crippen LogP contribution in [0.3, 0.4) is 0 Å². The number of esters is 1. The Morgan fingerprint density at radius 2 is 1.81 bits per heavy atom. The Morgan fingerprint density at radius 1 is 1.08 bits per heavy atom. The van der Waals surface area contributed by atoms with Gasteiger partial charge < -0.3 is 10.1 Å². The molecule has 26 heavy (non-hydrogen) atoms. The molecule has 2 aromatic rings. The van der Waals surface area contributed by atoms with Gasteiger partial charge in [0.15, 0.2) is 6.61 Å². The molecule has 0 aliphatic carbocycles. The number of benzene rings is 2. The Balaban J connectivity index is 1.94. The summed E-state index contributed by atoms with van der Waals surface area (Å²) >= 11 is 11.7. The van der Waals surface area contributed by atoms with Crippen LogP contribution in [0.25, 0.3) is 0 Å². The summed E-state index contributed by atoms with van der Waals surface area (Å²) in [5.41, 5.74) is 0.562. The summed E-state index contributed by atoms with van der Waals surface area (Å²) in [4.78, 5) is 34.8. The first kappa shape index (κ1) is 19.9. The van der Waals surface area contributed by atoms with Crippen molar-refractivity contribution in [2.75, 3.05) is 11.9 Å². The van der Waals surface area contributed by atoms with Crippen molar-refractivity contribution in [1.82, 2.24) is 0 Å². The zero-order valence-electron chi connectivity index (χ0n) is 13.6. The van der Waals surface area contributed by atoms with E-state index in [0.29, 0.717) is 15.6 Å². The van der Waals surface area contributed by atoms with Crippen molar-refractivity contribution >= 4 is 46.5 Å². The van der Waals surface area contributed by atoms with Gasteiger partial charge in [0.2, 0.25) is 11.7 Å². The third kappa shape index (κ3) is 5.54. The summed E-state index contributed by atoms with van der Waals surface area (Å²) in [6.45, 7) is 0.681. The molecule has 2 aromatic carbocycles. The van der Waals surface area contributed by atoms with Crippen LogP contribution in [0.4, 0.5) is 10.1 Å². The van der Waals surface area contributed by atoms with Gasteiger partial charge in [-0.05, 0) is 35.9 Å². The molecule has 0 aliphatic heterocycles. The monoisotopic (exact) mass is 397 g/mol. The van der Waals surface area contributed by atoms with E-state index < -0.39 is 24.2 Å². The minimum absolute atomic E-state index is 0.103. The molecule has 0 bridgehead atoms. The first-order valence-corrected chi connectivity index (χ1v) is 8.21. The highest BCUT2D eigenvalue weighted by atomic mass is 35.5. The van der Waals surface area contributed by atoms with E-state index in [-0.39, 0.29) is 23.6 Å². The maximum atomic E-state index is 14.0. The number of hydrogen-bond acceptors (Lipinski definition) is 4. The number of halogens is 3. The standard InChI is InChI=1S/C18H14Cl2FNO4/c1-10(23)22-12-3-4-13(16(21)8-12)17(24)9-26-18(25)7-11-2-5-14(19)15(20)6-11/h2-6,8H,7,9H2,1H3,(H,22,23). The molecule has 1 N–H and O–H groups in total. The number of Topliss-reactive ketones (excluding diaryl/α,β-unsaturated/α-hetero) is 1. The zero-order chi connectivity index (χ0) is 19.3. The van der Waals surface area contributed by atoms with Gasteiger partial charge in [-0.2, -0.15) is 0 Å². The van der Waals surface area contributed by atoms with Gasteiger partial charge in [0.05, 0.1) is 22.0 Å². The van der Waals surface area contributed by atoms with Gasteiger partial charge in [-0.15, -0.1) is 0 Å². The summed E-state index contributed by atoms with van der Waals surface area (Å²) in [6.07, 6.45) is -0.103. The molecule has 0 aliphatic rings. The number of anilines is 1. The van der Waals surface area contributed by atoms with Crippen LogP contribution < -0.4 is 5.32 Å². The third-order valence-corrected chi connectivity index (χ3v) is 4.03. The third-order valence-electron chi connectivity index (χ3n) is 3.29. The molecule has 0 atom stereocenters. The summed E-state index contributed by atoms with van der Waals surface area (Å²) in [6, 6.07) is 8.30. The van der Waals surface area contributed by atoms with Crippen LogP contribution >= 0.6 is 23.2 Å². The number of rotatable bonds is 6. The second-order valence-corrected chi connectivity index (χ2v) is 6.20. The fourth-order valence-corrected chi connectivity index (χ4v) is 2.43. The van der Waals surface area contributed by atoms with Crippen LogP contribution in [-0.2, 0) is 20.7 Å². The molecular formula is C18H14Cl2FNO4. The Morgan fingerprint density at radius 3 is 2.42 bits per heavy atom. The first-order chi connectivity index (χ1) is 12.3. The molecule has 8 heteroatoms. The number of amides is 1. The Kier molecular flexibility index (Phi) is 6.71. The molecule has 0 radical (unpaired) electrons. The predicted molar refractivity (Wildman–Crippen MR) is 96.2 cm³/mol. The highest BCUT2D eigenvalue weighted by Gasteiger charge is 2.15. The lowest BCUT2D eigenvalue weighted by atomic mass is 10.1. The highest BCUT2D eigenvalue weighted by molar-refractivity contribution is 6.42. The summed E-state index contributed by atoms with van der Waals surface area (Å²) in [7, 11) is 0. The Bertz CT molecular complexity index is 870. The summed E-state index contributed by atoms with van der Waals surface area (Å²) in [5.74, 6) is -2.53. The van der Waals surface area contributed by atoms with Gasteiger partial charge in [-0.25, -0.2) is 4.39 Å². The van der Waals surface area contributed by atoms with Crippen LogP contribution in [0.5, 0.6) is 0 Å². The second kappa shape index (κ2) is 8.78. The molecular weight excluding hydrogens is 384 g/mol. The molecule has 0 aromatic heterocycles. The van der Waals surface area contributed by atoms with Gasteiger partial charge in [-0.1, -0.05) is 29.3 Å². The van der Waals surface area contributed by atoms with Crippen LogP contribution in [0, 0.1) is 5.82 Å². The highest BCUT2D eigenvalue weighted by Crippen LogP contribution is 2.23. The number of carbonyl (C=O) groups is 3. The van der Waals surface area contributed by atoms with Crippen molar-refractivity contribution in [3.8, 4) is 0 Å².